The summed E-state index contributed by atoms with van der Waals surface area (Å²) in [5.41, 5.74) is 2.19. The predicted molar refractivity (Wildman–Crippen MR) is 86.4 cm³/mol. The van der Waals surface area contributed by atoms with Gasteiger partial charge in [-0.25, -0.2) is 4.98 Å². The Kier molecular flexibility index (Phi) is 5.20. The number of methoxy groups -OCH3 is 1. The van der Waals surface area contributed by atoms with Crippen molar-refractivity contribution in [1.82, 2.24) is 10.3 Å². The zero-order valence-electron chi connectivity index (χ0n) is 13.2. The number of benzene rings is 1. The number of nitrogens with one attached hydrogen (secondary N) is 1. The van der Waals surface area contributed by atoms with E-state index in [9.17, 15) is 0 Å². The van der Waals surface area contributed by atoms with Gasteiger partial charge in [0.05, 0.1) is 12.8 Å². The van der Waals surface area contributed by atoms with E-state index in [1.165, 1.54) is 4.88 Å². The number of nitrogens with zero attached hydrogens (tertiary/aromatic N) is 1. The van der Waals surface area contributed by atoms with Gasteiger partial charge in [0.2, 0.25) is 0 Å². The van der Waals surface area contributed by atoms with E-state index in [0.29, 0.717) is 6.61 Å². The minimum atomic E-state index is 0.214. The van der Waals surface area contributed by atoms with E-state index in [2.05, 4.69) is 24.1 Å². The first-order chi connectivity index (χ1) is 10.0. The van der Waals surface area contributed by atoms with Crippen molar-refractivity contribution < 1.29 is 9.47 Å². The van der Waals surface area contributed by atoms with E-state index in [-0.39, 0.29) is 6.04 Å². The van der Waals surface area contributed by atoms with Gasteiger partial charge in [-0.1, -0.05) is 6.07 Å². The second kappa shape index (κ2) is 6.91. The molecule has 1 unspecified atom stereocenters. The van der Waals surface area contributed by atoms with E-state index in [1.807, 2.05) is 32.2 Å². The van der Waals surface area contributed by atoms with Crippen LogP contribution in [0.4, 0.5) is 0 Å². The number of rotatable bonds is 6. The van der Waals surface area contributed by atoms with E-state index >= 15 is 0 Å². The van der Waals surface area contributed by atoms with Gasteiger partial charge in [-0.2, -0.15) is 0 Å². The first-order valence-corrected chi connectivity index (χ1v) is 7.77. The fraction of sp³-hybridized carbons (Fsp3) is 0.438. The van der Waals surface area contributed by atoms with Gasteiger partial charge in [-0.3, -0.25) is 0 Å². The molecule has 5 heteroatoms. The first-order valence-electron chi connectivity index (χ1n) is 6.96. The van der Waals surface area contributed by atoms with Gasteiger partial charge < -0.3 is 14.8 Å². The van der Waals surface area contributed by atoms with Crippen LogP contribution in [-0.4, -0.2) is 19.1 Å². The summed E-state index contributed by atoms with van der Waals surface area (Å²) >= 11 is 1.68. The molecule has 0 aliphatic heterocycles. The third-order valence-corrected chi connectivity index (χ3v) is 4.59. The lowest BCUT2D eigenvalue weighted by Gasteiger charge is -2.17. The van der Waals surface area contributed by atoms with E-state index in [4.69, 9.17) is 9.47 Å². The molecule has 21 heavy (non-hydrogen) atoms. The number of hydrogen-bond donors (Lipinski definition) is 1. The molecule has 0 saturated carbocycles. The second-order valence-corrected chi connectivity index (χ2v) is 6.24. The topological polar surface area (TPSA) is 43.4 Å². The molecule has 1 aromatic carbocycles. The zero-order valence-corrected chi connectivity index (χ0v) is 14.0. The maximum Gasteiger partial charge on any atom is 0.140 e. The van der Waals surface area contributed by atoms with Crippen LogP contribution in [-0.2, 0) is 6.61 Å². The minimum absolute atomic E-state index is 0.214. The minimum Gasteiger partial charge on any atom is -0.497 e. The largest absolute Gasteiger partial charge is 0.497 e. The Labute approximate surface area is 130 Å². The molecule has 0 saturated heterocycles. The van der Waals surface area contributed by atoms with E-state index < -0.39 is 0 Å². The van der Waals surface area contributed by atoms with Crippen molar-refractivity contribution in [3.8, 4) is 11.5 Å². The van der Waals surface area contributed by atoms with Crippen molar-refractivity contribution in [1.29, 1.82) is 0 Å². The average Bonchev–Trinajstić information content (AvgIpc) is 2.82. The average molecular weight is 306 g/mol. The van der Waals surface area contributed by atoms with Crippen molar-refractivity contribution in [3.63, 3.8) is 0 Å². The van der Waals surface area contributed by atoms with Crippen LogP contribution in [0.25, 0.3) is 0 Å². The quantitative estimate of drug-likeness (QED) is 0.885. The van der Waals surface area contributed by atoms with Crippen LogP contribution in [0.5, 0.6) is 11.5 Å². The van der Waals surface area contributed by atoms with Crippen LogP contribution in [0, 0.1) is 13.8 Å². The molecule has 0 fully saturated rings. The monoisotopic (exact) mass is 306 g/mol. The molecule has 114 valence electrons. The molecule has 0 aliphatic carbocycles. The second-order valence-electron chi connectivity index (χ2n) is 4.95. The fourth-order valence-electron chi connectivity index (χ4n) is 2.02. The lowest BCUT2D eigenvalue weighted by molar-refractivity contribution is 0.297. The van der Waals surface area contributed by atoms with Gasteiger partial charge in [0.15, 0.2) is 0 Å². The Bertz CT molecular complexity index is 591. The van der Waals surface area contributed by atoms with Crippen LogP contribution >= 0.6 is 11.3 Å². The molecule has 1 heterocycles. The highest BCUT2D eigenvalue weighted by Crippen LogP contribution is 2.30. The van der Waals surface area contributed by atoms with Crippen LogP contribution < -0.4 is 14.8 Å². The van der Waals surface area contributed by atoms with Crippen LogP contribution in [0.2, 0.25) is 0 Å². The molecule has 0 aliphatic rings. The first kappa shape index (κ1) is 15.8. The highest BCUT2D eigenvalue weighted by molar-refractivity contribution is 7.11. The third kappa shape index (κ3) is 3.74. The highest BCUT2D eigenvalue weighted by Gasteiger charge is 2.13. The van der Waals surface area contributed by atoms with Crippen molar-refractivity contribution in [3.05, 3.63) is 39.3 Å². The Morgan fingerprint density at radius 3 is 2.67 bits per heavy atom. The molecule has 0 radical (unpaired) electrons. The van der Waals surface area contributed by atoms with Crippen LogP contribution in [0.15, 0.2) is 18.2 Å². The normalized spacial score (nSPS) is 12.2. The van der Waals surface area contributed by atoms with Crippen LogP contribution in [0.1, 0.15) is 34.1 Å². The van der Waals surface area contributed by atoms with Gasteiger partial charge in [0.1, 0.15) is 23.1 Å². The Morgan fingerprint density at radius 2 is 2.10 bits per heavy atom. The molecule has 2 rings (SSSR count). The Balaban J connectivity index is 2.20. The highest BCUT2D eigenvalue weighted by atomic mass is 32.1. The summed E-state index contributed by atoms with van der Waals surface area (Å²) in [4.78, 5) is 5.75. The maximum atomic E-state index is 5.98. The lowest BCUT2D eigenvalue weighted by atomic mass is 10.1. The molecule has 4 nitrogen and oxygen atoms in total. The standard InChI is InChI=1S/C16H22N2O2S/c1-10-12(3)21-16(18-10)9-20-15-8-13(19-5)6-7-14(15)11(2)17-4/h6-8,11,17H,9H2,1-5H3. The third-order valence-electron chi connectivity index (χ3n) is 3.54. The molecule has 0 amide bonds. The number of thiazole rings is 1. The molecule has 1 aromatic heterocycles. The molecule has 1 N–H and O–H groups in total. The summed E-state index contributed by atoms with van der Waals surface area (Å²) in [7, 11) is 3.60. The molecule has 2 aromatic rings. The molecular weight excluding hydrogens is 284 g/mol. The van der Waals surface area contributed by atoms with Crippen molar-refractivity contribution in [2.75, 3.05) is 14.2 Å². The van der Waals surface area contributed by atoms with Gasteiger partial charge in [0.25, 0.3) is 0 Å². The summed E-state index contributed by atoms with van der Waals surface area (Å²) < 4.78 is 11.3. The summed E-state index contributed by atoms with van der Waals surface area (Å²) in [6, 6.07) is 6.13. The lowest BCUT2D eigenvalue weighted by Crippen LogP contribution is -2.13. The van der Waals surface area contributed by atoms with Gasteiger partial charge in [-0.15, -0.1) is 11.3 Å². The van der Waals surface area contributed by atoms with Gasteiger partial charge in [0, 0.05) is 22.5 Å². The smallest absolute Gasteiger partial charge is 0.140 e. The van der Waals surface area contributed by atoms with Crippen molar-refractivity contribution >= 4 is 11.3 Å². The summed E-state index contributed by atoms with van der Waals surface area (Å²) in [5, 5.41) is 4.23. The molecular formula is C16H22N2O2S. The fourth-order valence-corrected chi connectivity index (χ4v) is 2.87. The number of ether oxygens (including phenoxy) is 2. The molecule has 1 atom stereocenters. The predicted octanol–water partition coefficient (Wildman–Crippen LogP) is 3.63. The number of aromatic nitrogens is 1. The summed E-state index contributed by atoms with van der Waals surface area (Å²) in [5.74, 6) is 1.63. The summed E-state index contributed by atoms with van der Waals surface area (Å²) in [6.45, 7) is 6.69. The zero-order chi connectivity index (χ0) is 15.4. The maximum absolute atomic E-state index is 5.98. The number of hydrogen-bond acceptors (Lipinski definition) is 5. The molecule has 0 bridgehead atoms. The van der Waals surface area contributed by atoms with Crippen LogP contribution in [0.3, 0.4) is 0 Å². The van der Waals surface area contributed by atoms with Gasteiger partial charge >= 0.3 is 0 Å². The Hall–Kier alpha value is -1.59. The van der Waals surface area contributed by atoms with E-state index in [0.717, 1.165) is 27.8 Å². The summed E-state index contributed by atoms with van der Waals surface area (Å²) in [6.07, 6.45) is 0. The Morgan fingerprint density at radius 1 is 1.33 bits per heavy atom. The van der Waals surface area contributed by atoms with Gasteiger partial charge in [-0.05, 0) is 33.9 Å². The van der Waals surface area contributed by atoms with E-state index in [1.54, 1.807) is 18.4 Å². The van der Waals surface area contributed by atoms with Crippen molar-refractivity contribution in [2.45, 2.75) is 33.4 Å². The van der Waals surface area contributed by atoms with Crippen molar-refractivity contribution in [2.24, 2.45) is 0 Å². The molecule has 0 spiro atoms. The SMILES string of the molecule is CNC(C)c1ccc(OC)cc1OCc1nc(C)c(C)s1. The number of aryl methyl sites for hydroxylation is 2.